The number of hydrogen-bond donors (Lipinski definition) is 2. The van der Waals surface area contributed by atoms with Gasteiger partial charge in [0.1, 0.15) is 11.5 Å². The van der Waals surface area contributed by atoms with Crippen LogP contribution < -0.4 is 0 Å². The second kappa shape index (κ2) is 4.84. The van der Waals surface area contributed by atoms with Gasteiger partial charge in [-0.15, -0.1) is 11.3 Å². The van der Waals surface area contributed by atoms with Crippen molar-refractivity contribution >= 4 is 23.2 Å². The molecule has 4 heteroatoms. The average Bonchev–Trinajstić information content (AvgIpc) is 2.77. The molecule has 2 aromatic rings. The van der Waals surface area contributed by atoms with E-state index in [4.69, 9.17) is 0 Å². The maximum absolute atomic E-state index is 11.7. The molecule has 0 aliphatic heterocycles. The molecule has 0 bridgehead atoms. The minimum absolute atomic E-state index is 0.127. The van der Waals surface area contributed by atoms with E-state index in [0.717, 1.165) is 4.88 Å². The lowest BCUT2D eigenvalue weighted by Gasteiger charge is -1.99. The van der Waals surface area contributed by atoms with E-state index in [9.17, 15) is 15.0 Å². The summed E-state index contributed by atoms with van der Waals surface area (Å²) in [7, 11) is 0. The molecule has 0 atom stereocenters. The SMILES string of the molecule is O=C(/C=C/c1cccs1)c1cc(O)cc(O)c1. The van der Waals surface area contributed by atoms with Gasteiger partial charge in [0.2, 0.25) is 0 Å². The average molecular weight is 246 g/mol. The smallest absolute Gasteiger partial charge is 0.186 e. The van der Waals surface area contributed by atoms with Crippen molar-refractivity contribution in [1.29, 1.82) is 0 Å². The van der Waals surface area contributed by atoms with E-state index < -0.39 is 0 Å². The van der Waals surface area contributed by atoms with Crippen LogP contribution in [0.4, 0.5) is 0 Å². The van der Waals surface area contributed by atoms with Crippen LogP contribution in [-0.4, -0.2) is 16.0 Å². The third-order valence-corrected chi connectivity index (χ3v) is 2.97. The molecule has 3 nitrogen and oxygen atoms in total. The molecule has 0 saturated heterocycles. The molecule has 0 saturated carbocycles. The Morgan fingerprint density at radius 2 is 1.88 bits per heavy atom. The summed E-state index contributed by atoms with van der Waals surface area (Å²) in [6.07, 6.45) is 3.12. The Morgan fingerprint density at radius 3 is 2.47 bits per heavy atom. The number of benzene rings is 1. The van der Waals surface area contributed by atoms with Crippen molar-refractivity contribution in [2.75, 3.05) is 0 Å². The monoisotopic (exact) mass is 246 g/mol. The lowest BCUT2D eigenvalue weighted by Crippen LogP contribution is -1.93. The number of hydrogen-bond acceptors (Lipinski definition) is 4. The molecule has 1 aromatic carbocycles. The highest BCUT2D eigenvalue weighted by Gasteiger charge is 2.05. The van der Waals surface area contributed by atoms with Gasteiger partial charge >= 0.3 is 0 Å². The van der Waals surface area contributed by atoms with Gasteiger partial charge in [0.05, 0.1) is 0 Å². The van der Waals surface area contributed by atoms with Crippen molar-refractivity contribution in [3.05, 3.63) is 52.2 Å². The molecule has 1 heterocycles. The van der Waals surface area contributed by atoms with E-state index in [1.54, 1.807) is 6.08 Å². The van der Waals surface area contributed by atoms with Crippen molar-refractivity contribution < 1.29 is 15.0 Å². The maximum Gasteiger partial charge on any atom is 0.186 e. The fourth-order valence-electron chi connectivity index (χ4n) is 1.38. The Kier molecular flexibility index (Phi) is 3.25. The van der Waals surface area contributed by atoms with Gasteiger partial charge in [-0.05, 0) is 35.7 Å². The Hall–Kier alpha value is -2.07. The van der Waals surface area contributed by atoms with E-state index >= 15 is 0 Å². The zero-order valence-corrected chi connectivity index (χ0v) is 9.65. The van der Waals surface area contributed by atoms with Crippen LogP contribution in [0.3, 0.4) is 0 Å². The number of rotatable bonds is 3. The minimum Gasteiger partial charge on any atom is -0.508 e. The summed E-state index contributed by atoms with van der Waals surface area (Å²) < 4.78 is 0. The normalized spacial score (nSPS) is 10.8. The van der Waals surface area contributed by atoms with E-state index in [2.05, 4.69) is 0 Å². The van der Waals surface area contributed by atoms with Gasteiger partial charge in [0.25, 0.3) is 0 Å². The number of phenols is 2. The Bertz CT molecular complexity index is 536. The van der Waals surface area contributed by atoms with Crippen LogP contribution in [-0.2, 0) is 0 Å². The molecule has 0 radical (unpaired) electrons. The van der Waals surface area contributed by atoms with Crippen molar-refractivity contribution in [1.82, 2.24) is 0 Å². The van der Waals surface area contributed by atoms with Crippen LogP contribution in [0.15, 0.2) is 41.8 Å². The Morgan fingerprint density at radius 1 is 1.18 bits per heavy atom. The molecule has 17 heavy (non-hydrogen) atoms. The quantitative estimate of drug-likeness (QED) is 0.646. The standard InChI is InChI=1S/C13H10O3S/c14-10-6-9(7-11(15)8-10)13(16)4-3-12-2-1-5-17-12/h1-8,14-15H/b4-3+. The van der Waals surface area contributed by atoms with Gasteiger partial charge in [-0.1, -0.05) is 6.07 Å². The first-order valence-electron chi connectivity index (χ1n) is 4.94. The molecule has 0 fully saturated rings. The van der Waals surface area contributed by atoms with Crippen LogP contribution >= 0.6 is 11.3 Å². The molecule has 0 aliphatic rings. The van der Waals surface area contributed by atoms with Gasteiger partial charge in [0.15, 0.2) is 5.78 Å². The molecule has 0 spiro atoms. The molecule has 0 amide bonds. The minimum atomic E-state index is -0.260. The second-order valence-corrected chi connectivity index (χ2v) is 4.43. The topological polar surface area (TPSA) is 57.5 Å². The summed E-state index contributed by atoms with van der Waals surface area (Å²) in [5.74, 6) is -0.514. The van der Waals surface area contributed by atoms with E-state index in [0.29, 0.717) is 0 Å². The predicted molar refractivity (Wildman–Crippen MR) is 67.5 cm³/mol. The molecular weight excluding hydrogens is 236 g/mol. The molecular formula is C13H10O3S. The highest BCUT2D eigenvalue weighted by atomic mass is 32.1. The third kappa shape index (κ3) is 2.95. The van der Waals surface area contributed by atoms with Gasteiger partial charge in [-0.25, -0.2) is 0 Å². The van der Waals surface area contributed by atoms with Gasteiger partial charge in [0, 0.05) is 16.5 Å². The summed E-state index contributed by atoms with van der Waals surface area (Å²) in [5, 5.41) is 20.4. The van der Waals surface area contributed by atoms with Gasteiger partial charge in [-0.3, -0.25) is 4.79 Å². The first-order chi connectivity index (χ1) is 8.15. The second-order valence-electron chi connectivity index (χ2n) is 3.45. The Balaban J connectivity index is 2.20. The number of aromatic hydroxyl groups is 2. The Labute approximate surface area is 102 Å². The highest BCUT2D eigenvalue weighted by Crippen LogP contribution is 2.21. The van der Waals surface area contributed by atoms with Gasteiger partial charge < -0.3 is 10.2 Å². The fourth-order valence-corrected chi connectivity index (χ4v) is 2.00. The molecule has 0 unspecified atom stereocenters. The largest absolute Gasteiger partial charge is 0.508 e. The number of phenolic OH excluding ortho intramolecular Hbond substituents is 2. The van der Waals surface area contributed by atoms with Crippen molar-refractivity contribution in [3.8, 4) is 11.5 Å². The van der Waals surface area contributed by atoms with Crippen LogP contribution in [0.5, 0.6) is 11.5 Å². The summed E-state index contributed by atoms with van der Waals surface area (Å²) in [6, 6.07) is 7.62. The molecule has 2 rings (SSSR count). The predicted octanol–water partition coefficient (Wildman–Crippen LogP) is 3.06. The third-order valence-electron chi connectivity index (χ3n) is 2.13. The zero-order chi connectivity index (χ0) is 12.3. The summed E-state index contributed by atoms with van der Waals surface area (Å²) in [6.45, 7) is 0. The van der Waals surface area contributed by atoms with Crippen molar-refractivity contribution in [2.24, 2.45) is 0 Å². The van der Waals surface area contributed by atoms with E-state index in [1.807, 2.05) is 17.5 Å². The lowest BCUT2D eigenvalue weighted by molar-refractivity contribution is 0.104. The van der Waals surface area contributed by atoms with E-state index in [-0.39, 0.29) is 22.8 Å². The number of thiophene rings is 1. The number of ketones is 1. The van der Waals surface area contributed by atoms with E-state index in [1.165, 1.54) is 35.6 Å². The van der Waals surface area contributed by atoms with Crippen molar-refractivity contribution in [2.45, 2.75) is 0 Å². The number of carbonyl (C=O) groups is 1. The first kappa shape index (κ1) is 11.4. The lowest BCUT2D eigenvalue weighted by atomic mass is 10.1. The van der Waals surface area contributed by atoms with Crippen LogP contribution in [0.1, 0.15) is 15.2 Å². The molecule has 0 aliphatic carbocycles. The molecule has 86 valence electrons. The number of carbonyl (C=O) groups excluding carboxylic acids is 1. The fraction of sp³-hybridized carbons (Fsp3) is 0. The summed E-state index contributed by atoms with van der Waals surface area (Å²) in [4.78, 5) is 12.7. The van der Waals surface area contributed by atoms with Crippen LogP contribution in [0.25, 0.3) is 6.08 Å². The summed E-state index contributed by atoms with van der Waals surface area (Å²) >= 11 is 1.53. The summed E-state index contributed by atoms with van der Waals surface area (Å²) in [5.41, 5.74) is 0.260. The highest BCUT2D eigenvalue weighted by molar-refractivity contribution is 7.10. The van der Waals surface area contributed by atoms with Crippen LogP contribution in [0, 0.1) is 0 Å². The maximum atomic E-state index is 11.7. The van der Waals surface area contributed by atoms with Crippen molar-refractivity contribution in [3.63, 3.8) is 0 Å². The first-order valence-corrected chi connectivity index (χ1v) is 5.82. The van der Waals surface area contributed by atoms with Crippen LogP contribution in [0.2, 0.25) is 0 Å². The number of allylic oxidation sites excluding steroid dienone is 1. The molecule has 1 aromatic heterocycles. The molecule has 2 N–H and O–H groups in total. The van der Waals surface area contributed by atoms with Gasteiger partial charge in [-0.2, -0.15) is 0 Å². The zero-order valence-electron chi connectivity index (χ0n) is 8.83.